The lowest BCUT2D eigenvalue weighted by molar-refractivity contribution is -0.385. The van der Waals surface area contributed by atoms with Gasteiger partial charge in [-0.15, -0.1) is 0 Å². The Morgan fingerprint density at radius 1 is 0.818 bits per heavy atom. The molecule has 0 saturated carbocycles. The summed E-state index contributed by atoms with van der Waals surface area (Å²) in [6, 6.07) is 11.3. The average Bonchev–Trinajstić information content (AvgIpc) is 2.47. The monoisotopic (exact) mass is 323 g/mol. The molecule has 0 radical (unpaired) electrons. The lowest BCUT2D eigenvalue weighted by Gasteiger charge is -2.13. The molecule has 0 bridgehead atoms. The maximum absolute atomic E-state index is 10.9. The van der Waals surface area contributed by atoms with Crippen molar-refractivity contribution in [1.82, 2.24) is 0 Å². The fourth-order valence-electron chi connectivity index (χ4n) is 1.58. The highest BCUT2D eigenvalue weighted by atomic mass is 31.2. The summed E-state index contributed by atoms with van der Waals surface area (Å²) in [7, 11) is -2.12. The van der Waals surface area contributed by atoms with Gasteiger partial charge in [-0.2, -0.15) is 0 Å². The van der Waals surface area contributed by atoms with E-state index < -0.39 is 18.4 Å². The second kappa shape index (κ2) is 6.79. The minimum Gasteiger partial charge on any atom is -0.420 e. The molecule has 0 fully saturated rings. The summed E-state index contributed by atoms with van der Waals surface area (Å²) in [4.78, 5) is 20.5. The van der Waals surface area contributed by atoms with E-state index in [1.54, 1.807) is 0 Å². The highest BCUT2D eigenvalue weighted by molar-refractivity contribution is 7.45. The van der Waals surface area contributed by atoms with Crippen LogP contribution in [0.5, 0.6) is 11.5 Å². The van der Waals surface area contributed by atoms with E-state index in [1.165, 1.54) is 48.5 Å². The normalized spacial score (nSPS) is 10.3. The molecule has 0 unspecified atom stereocenters. The zero-order valence-corrected chi connectivity index (χ0v) is 11.9. The first kappa shape index (κ1) is 15.6. The summed E-state index contributed by atoms with van der Waals surface area (Å²) in [5.74, 6) is -0.139. The number of hydrogen-bond acceptors (Lipinski definition) is 7. The van der Waals surface area contributed by atoms with Gasteiger partial charge in [0.15, 0.2) is 0 Å². The van der Waals surface area contributed by atoms with Crippen molar-refractivity contribution in [1.29, 1.82) is 0 Å². The zero-order chi connectivity index (χ0) is 16.1. The van der Waals surface area contributed by atoms with Crippen molar-refractivity contribution >= 4 is 19.9 Å². The van der Waals surface area contributed by atoms with Gasteiger partial charge in [0.2, 0.25) is 11.5 Å². The van der Waals surface area contributed by atoms with Gasteiger partial charge in [0.25, 0.3) is 0 Å². The fraction of sp³-hybridized carbons (Fsp3) is 0. The minimum atomic E-state index is -2.12. The molecule has 0 heterocycles. The third kappa shape index (κ3) is 3.66. The van der Waals surface area contributed by atoms with Crippen LogP contribution in [0, 0.1) is 20.2 Å². The van der Waals surface area contributed by atoms with Crippen molar-refractivity contribution in [2.24, 2.45) is 5.50 Å². The predicted molar refractivity (Wildman–Crippen MR) is 78.6 cm³/mol. The van der Waals surface area contributed by atoms with Crippen molar-refractivity contribution in [2.75, 3.05) is 0 Å². The maximum Gasteiger partial charge on any atom is 0.379 e. The Morgan fingerprint density at radius 3 is 1.55 bits per heavy atom. The molecule has 10 heteroatoms. The lowest BCUT2D eigenvalue weighted by atomic mass is 10.3. The molecule has 114 valence electrons. The SMILES string of the molecule is NP(Oc1ccccc1[N+](=O)[O-])Oc1ccccc1[N+](=O)[O-]. The molecule has 9 nitrogen and oxygen atoms in total. The van der Waals surface area contributed by atoms with Crippen molar-refractivity contribution in [3.63, 3.8) is 0 Å². The van der Waals surface area contributed by atoms with E-state index in [0.29, 0.717) is 0 Å². The van der Waals surface area contributed by atoms with Gasteiger partial charge in [0, 0.05) is 12.1 Å². The molecule has 0 aromatic heterocycles. The van der Waals surface area contributed by atoms with Gasteiger partial charge in [-0.25, -0.2) is 5.50 Å². The summed E-state index contributed by atoms with van der Waals surface area (Å²) >= 11 is 0. The number of hydrogen-bond donors (Lipinski definition) is 1. The van der Waals surface area contributed by atoms with Crippen LogP contribution in [-0.2, 0) is 0 Å². The predicted octanol–water partition coefficient (Wildman–Crippen LogP) is 3.15. The first-order valence-corrected chi connectivity index (χ1v) is 7.11. The summed E-state index contributed by atoms with van der Waals surface area (Å²) in [6.45, 7) is 0. The summed E-state index contributed by atoms with van der Waals surface area (Å²) in [5, 5.41) is 21.7. The Kier molecular flexibility index (Phi) is 4.82. The number of rotatable bonds is 6. The number of nitro benzene ring substituents is 2. The number of benzene rings is 2. The van der Waals surface area contributed by atoms with Crippen LogP contribution in [0.1, 0.15) is 0 Å². The van der Waals surface area contributed by atoms with Crippen LogP contribution in [0.25, 0.3) is 0 Å². The molecule has 0 spiro atoms. The molecule has 0 atom stereocenters. The molecule has 22 heavy (non-hydrogen) atoms. The Balaban J connectivity index is 2.16. The molecule has 0 amide bonds. The van der Waals surface area contributed by atoms with E-state index >= 15 is 0 Å². The van der Waals surface area contributed by atoms with Gasteiger partial charge in [-0.05, 0) is 12.1 Å². The third-order valence-electron chi connectivity index (χ3n) is 2.50. The fourth-order valence-corrected chi connectivity index (χ4v) is 2.32. The molecule has 2 aromatic carbocycles. The minimum absolute atomic E-state index is 0.0697. The van der Waals surface area contributed by atoms with Gasteiger partial charge in [-0.1, -0.05) is 24.3 Å². The van der Waals surface area contributed by atoms with E-state index in [1.807, 2.05) is 0 Å². The van der Waals surface area contributed by atoms with Crippen molar-refractivity contribution in [3.8, 4) is 11.5 Å². The Hall–Kier alpha value is -2.77. The maximum atomic E-state index is 10.9. The van der Waals surface area contributed by atoms with E-state index in [4.69, 9.17) is 14.6 Å². The first-order valence-electron chi connectivity index (χ1n) is 5.86. The lowest BCUT2D eigenvalue weighted by Crippen LogP contribution is -2.05. The van der Waals surface area contributed by atoms with Crippen LogP contribution in [0.2, 0.25) is 0 Å². The van der Waals surface area contributed by atoms with E-state index in [0.717, 1.165) is 0 Å². The van der Waals surface area contributed by atoms with E-state index in [-0.39, 0.29) is 22.9 Å². The van der Waals surface area contributed by atoms with Crippen LogP contribution in [0.4, 0.5) is 11.4 Å². The first-order chi connectivity index (χ1) is 10.5. The van der Waals surface area contributed by atoms with Gasteiger partial charge >= 0.3 is 19.9 Å². The second-order valence-electron chi connectivity index (χ2n) is 3.92. The summed E-state index contributed by atoms with van der Waals surface area (Å²) in [5.41, 5.74) is 5.11. The summed E-state index contributed by atoms with van der Waals surface area (Å²) in [6.07, 6.45) is 0. The van der Waals surface area contributed by atoms with Crippen molar-refractivity contribution in [2.45, 2.75) is 0 Å². The molecule has 0 saturated heterocycles. The van der Waals surface area contributed by atoms with Gasteiger partial charge in [-0.3, -0.25) is 20.2 Å². The van der Waals surface area contributed by atoms with Crippen LogP contribution >= 0.6 is 8.53 Å². The van der Waals surface area contributed by atoms with Crippen LogP contribution < -0.4 is 14.6 Å². The van der Waals surface area contributed by atoms with Crippen LogP contribution in [-0.4, -0.2) is 9.85 Å². The summed E-state index contributed by atoms with van der Waals surface area (Å²) < 4.78 is 10.4. The highest BCUT2D eigenvalue weighted by Crippen LogP contribution is 2.40. The Morgan fingerprint density at radius 2 is 1.18 bits per heavy atom. The number of nitro groups is 2. The van der Waals surface area contributed by atoms with E-state index in [9.17, 15) is 20.2 Å². The zero-order valence-electron chi connectivity index (χ0n) is 11.0. The average molecular weight is 323 g/mol. The van der Waals surface area contributed by atoms with Crippen molar-refractivity contribution in [3.05, 3.63) is 68.8 Å². The number of nitrogens with zero attached hydrogens (tertiary/aromatic N) is 2. The van der Waals surface area contributed by atoms with Crippen LogP contribution in [0.3, 0.4) is 0 Å². The second-order valence-corrected chi connectivity index (χ2v) is 4.85. The van der Waals surface area contributed by atoms with Gasteiger partial charge in [0.05, 0.1) is 9.85 Å². The standard InChI is InChI=1S/C12H10N3O6P/c13-22(20-11-7-3-1-5-9(11)14(16)17)21-12-8-4-2-6-10(12)15(18)19/h1-8H,13H2. The number of para-hydroxylation sites is 4. The Bertz CT molecular complexity index is 651. The van der Waals surface area contributed by atoms with Gasteiger partial charge < -0.3 is 9.05 Å². The number of nitrogens with two attached hydrogens (primary N) is 1. The smallest absolute Gasteiger partial charge is 0.379 e. The molecule has 2 N–H and O–H groups in total. The van der Waals surface area contributed by atoms with E-state index in [2.05, 4.69) is 0 Å². The molecule has 0 aliphatic carbocycles. The largest absolute Gasteiger partial charge is 0.420 e. The molecule has 0 aliphatic rings. The molecular formula is C12H10N3O6P. The molecule has 0 aliphatic heterocycles. The Labute approximate surface area is 125 Å². The highest BCUT2D eigenvalue weighted by Gasteiger charge is 2.22. The topological polar surface area (TPSA) is 131 Å². The quantitative estimate of drug-likeness (QED) is 0.490. The van der Waals surface area contributed by atoms with Crippen molar-refractivity contribution < 1.29 is 18.9 Å². The molecule has 2 aromatic rings. The van der Waals surface area contributed by atoms with Gasteiger partial charge in [0.1, 0.15) is 0 Å². The van der Waals surface area contributed by atoms with Crippen LogP contribution in [0.15, 0.2) is 48.5 Å². The molecular weight excluding hydrogens is 313 g/mol. The molecule has 2 rings (SSSR count). The third-order valence-corrected chi connectivity index (χ3v) is 3.25.